The highest BCUT2D eigenvalue weighted by Gasteiger charge is 2.37. The Kier molecular flexibility index (Phi) is 5.71. The second kappa shape index (κ2) is 7.13. The third kappa shape index (κ3) is 4.22. The van der Waals surface area contributed by atoms with Crippen molar-refractivity contribution in [2.45, 2.75) is 42.4 Å². The molecule has 4 nitrogen and oxygen atoms in total. The molecule has 1 aromatic rings. The molecule has 1 aromatic carbocycles. The minimum Gasteiger partial charge on any atom is -0.313 e. The first-order valence-electron chi connectivity index (χ1n) is 7.36. The number of thioether (sulfide) groups is 1. The molecule has 1 aliphatic carbocycles. The fraction of sp³-hybridized carbons (Fsp3) is 0.600. The highest BCUT2D eigenvalue weighted by Crippen LogP contribution is 2.42. The average Bonchev–Trinajstić information content (AvgIpc) is 2.45. The molecule has 0 unspecified atom stereocenters. The van der Waals surface area contributed by atoms with Crippen LogP contribution in [-0.2, 0) is 16.6 Å². The molecule has 0 atom stereocenters. The van der Waals surface area contributed by atoms with Crippen molar-refractivity contribution in [1.29, 1.82) is 0 Å². The second-order valence-electron chi connectivity index (χ2n) is 5.49. The normalized spacial score (nSPS) is 17.4. The fourth-order valence-electron chi connectivity index (χ4n) is 2.43. The first kappa shape index (κ1) is 16.8. The van der Waals surface area contributed by atoms with Gasteiger partial charge >= 0.3 is 0 Å². The van der Waals surface area contributed by atoms with Gasteiger partial charge in [0, 0.05) is 17.8 Å². The van der Waals surface area contributed by atoms with E-state index < -0.39 is 10.0 Å². The highest BCUT2D eigenvalue weighted by atomic mass is 32.2. The van der Waals surface area contributed by atoms with Crippen molar-refractivity contribution in [2.75, 3.05) is 19.3 Å². The van der Waals surface area contributed by atoms with Crippen LogP contribution in [0.3, 0.4) is 0 Å². The summed E-state index contributed by atoms with van der Waals surface area (Å²) in [6.45, 7) is 4.11. The Morgan fingerprint density at radius 2 is 2.10 bits per heavy atom. The summed E-state index contributed by atoms with van der Waals surface area (Å²) >= 11 is 1.77. The zero-order valence-corrected chi connectivity index (χ0v) is 14.3. The van der Waals surface area contributed by atoms with Gasteiger partial charge in [-0.3, -0.25) is 0 Å². The monoisotopic (exact) mass is 328 g/mol. The van der Waals surface area contributed by atoms with Gasteiger partial charge in [0.15, 0.2) is 0 Å². The van der Waals surface area contributed by atoms with Crippen LogP contribution in [0.4, 0.5) is 0 Å². The topological polar surface area (TPSA) is 58.2 Å². The van der Waals surface area contributed by atoms with Crippen LogP contribution in [0.5, 0.6) is 0 Å². The van der Waals surface area contributed by atoms with Crippen molar-refractivity contribution in [3.63, 3.8) is 0 Å². The number of hydrogen-bond donors (Lipinski definition) is 2. The minimum absolute atomic E-state index is 0.106. The molecule has 118 valence electrons. The zero-order chi connectivity index (χ0) is 15.3. The molecular formula is C15H24N2O2S2. The molecule has 2 N–H and O–H groups in total. The van der Waals surface area contributed by atoms with Crippen molar-refractivity contribution in [3.05, 3.63) is 29.8 Å². The highest BCUT2D eigenvalue weighted by molar-refractivity contribution is 8.00. The van der Waals surface area contributed by atoms with Gasteiger partial charge in [-0.1, -0.05) is 25.5 Å². The van der Waals surface area contributed by atoms with Gasteiger partial charge in [0.2, 0.25) is 10.0 Å². The summed E-state index contributed by atoms with van der Waals surface area (Å²) in [5, 5.41) is 3.21. The van der Waals surface area contributed by atoms with Crippen molar-refractivity contribution in [3.8, 4) is 0 Å². The molecule has 0 radical (unpaired) electrons. The summed E-state index contributed by atoms with van der Waals surface area (Å²) in [7, 11) is -3.42. The van der Waals surface area contributed by atoms with Crippen LogP contribution in [0.1, 0.15) is 31.7 Å². The number of benzene rings is 1. The maximum absolute atomic E-state index is 12.4. The van der Waals surface area contributed by atoms with Gasteiger partial charge in [-0.25, -0.2) is 13.1 Å². The lowest BCUT2D eigenvalue weighted by Gasteiger charge is -2.40. The van der Waals surface area contributed by atoms with Crippen LogP contribution in [0.2, 0.25) is 0 Å². The third-order valence-corrected chi connectivity index (χ3v) is 6.89. The lowest BCUT2D eigenvalue weighted by molar-refractivity contribution is 0.362. The quantitative estimate of drug-likeness (QED) is 0.769. The smallest absolute Gasteiger partial charge is 0.240 e. The first-order chi connectivity index (χ1) is 10.0. The molecule has 0 aromatic heterocycles. The second-order valence-corrected chi connectivity index (χ2v) is 8.53. The number of sulfonamides is 1. The van der Waals surface area contributed by atoms with Crippen LogP contribution in [-0.4, -0.2) is 32.5 Å². The molecule has 0 amide bonds. The van der Waals surface area contributed by atoms with Gasteiger partial charge in [-0.15, -0.1) is 0 Å². The van der Waals surface area contributed by atoms with E-state index in [0.717, 1.165) is 24.9 Å². The molecule has 2 rings (SSSR count). The standard InChI is InChI=1S/C15H24N2O2S2/c1-3-16-11-13-6-4-7-14(10-13)21(18,19)17-12-15(20-2)8-5-9-15/h4,6-7,10,16-17H,3,5,8-9,11-12H2,1-2H3. The van der Waals surface area contributed by atoms with E-state index in [-0.39, 0.29) is 4.75 Å². The molecule has 0 aliphatic heterocycles. The summed E-state index contributed by atoms with van der Waals surface area (Å²) in [5.74, 6) is 0. The predicted molar refractivity (Wildman–Crippen MR) is 89.1 cm³/mol. The van der Waals surface area contributed by atoms with Crippen molar-refractivity contribution >= 4 is 21.8 Å². The Morgan fingerprint density at radius 1 is 1.33 bits per heavy atom. The van der Waals surface area contributed by atoms with Crippen LogP contribution in [0, 0.1) is 0 Å². The summed E-state index contributed by atoms with van der Waals surface area (Å²) < 4.78 is 27.7. The van der Waals surface area contributed by atoms with Gasteiger partial charge in [-0.2, -0.15) is 11.8 Å². The summed E-state index contributed by atoms with van der Waals surface area (Å²) in [6.07, 6.45) is 5.44. The predicted octanol–water partition coefficient (Wildman–Crippen LogP) is 2.36. The molecule has 1 fully saturated rings. The Morgan fingerprint density at radius 3 is 2.67 bits per heavy atom. The van der Waals surface area contributed by atoms with E-state index in [1.54, 1.807) is 30.0 Å². The molecule has 0 spiro atoms. The van der Waals surface area contributed by atoms with Gasteiger partial charge in [0.05, 0.1) is 4.90 Å². The van der Waals surface area contributed by atoms with Gasteiger partial charge in [-0.05, 0) is 43.3 Å². The maximum atomic E-state index is 12.4. The van der Waals surface area contributed by atoms with Gasteiger partial charge in [0.25, 0.3) is 0 Å². The van der Waals surface area contributed by atoms with Crippen LogP contribution in [0.15, 0.2) is 29.2 Å². The minimum atomic E-state index is -3.42. The van der Waals surface area contributed by atoms with Crippen molar-refractivity contribution < 1.29 is 8.42 Å². The Balaban J connectivity index is 2.04. The van der Waals surface area contributed by atoms with E-state index in [4.69, 9.17) is 0 Å². The maximum Gasteiger partial charge on any atom is 0.240 e. The Bertz CT molecular complexity index is 563. The summed E-state index contributed by atoms with van der Waals surface area (Å²) in [5.41, 5.74) is 0.989. The molecule has 1 aliphatic rings. The van der Waals surface area contributed by atoms with Crippen molar-refractivity contribution in [2.24, 2.45) is 0 Å². The van der Waals surface area contributed by atoms with E-state index in [1.165, 1.54) is 6.42 Å². The van der Waals surface area contributed by atoms with E-state index in [2.05, 4.69) is 16.3 Å². The first-order valence-corrected chi connectivity index (χ1v) is 10.1. The molecule has 0 saturated heterocycles. The molecule has 21 heavy (non-hydrogen) atoms. The van der Waals surface area contributed by atoms with E-state index >= 15 is 0 Å². The zero-order valence-electron chi connectivity index (χ0n) is 12.7. The molecular weight excluding hydrogens is 304 g/mol. The summed E-state index contributed by atoms with van der Waals surface area (Å²) in [6, 6.07) is 7.15. The third-order valence-electron chi connectivity index (χ3n) is 4.07. The molecule has 0 heterocycles. The lowest BCUT2D eigenvalue weighted by atomic mass is 9.84. The number of hydrogen-bond acceptors (Lipinski definition) is 4. The van der Waals surface area contributed by atoms with E-state index in [0.29, 0.717) is 18.0 Å². The summed E-state index contributed by atoms with van der Waals surface area (Å²) in [4.78, 5) is 0.355. The van der Waals surface area contributed by atoms with Crippen molar-refractivity contribution in [1.82, 2.24) is 10.0 Å². The number of nitrogens with one attached hydrogen (secondary N) is 2. The molecule has 0 bridgehead atoms. The van der Waals surface area contributed by atoms with Gasteiger partial charge in [0.1, 0.15) is 0 Å². The molecule has 6 heteroatoms. The van der Waals surface area contributed by atoms with Crippen LogP contribution < -0.4 is 10.0 Å². The Labute approximate surface area is 132 Å². The van der Waals surface area contributed by atoms with Gasteiger partial charge < -0.3 is 5.32 Å². The van der Waals surface area contributed by atoms with E-state index in [1.807, 2.05) is 13.0 Å². The largest absolute Gasteiger partial charge is 0.313 e. The van der Waals surface area contributed by atoms with Crippen LogP contribution in [0.25, 0.3) is 0 Å². The molecule has 1 saturated carbocycles. The van der Waals surface area contributed by atoms with Crippen LogP contribution >= 0.6 is 11.8 Å². The van der Waals surface area contributed by atoms with E-state index in [9.17, 15) is 8.42 Å². The lowest BCUT2D eigenvalue weighted by Crippen LogP contribution is -2.45. The average molecular weight is 329 g/mol. The Hall–Kier alpha value is -0.560. The fourth-order valence-corrected chi connectivity index (χ4v) is 4.63. The number of rotatable bonds is 8. The SMILES string of the molecule is CCNCc1cccc(S(=O)(=O)NCC2(SC)CCC2)c1.